The Morgan fingerprint density at radius 3 is 2.93 bits per heavy atom. The van der Waals surface area contributed by atoms with Gasteiger partial charge < -0.3 is 5.32 Å². The monoisotopic (exact) mass is 210 g/mol. The van der Waals surface area contributed by atoms with E-state index in [4.69, 9.17) is 0 Å². The first-order chi connectivity index (χ1) is 7.12. The third kappa shape index (κ3) is 2.36. The number of nitrogens with one attached hydrogen (secondary N) is 1. The molecule has 88 valence electrons. The van der Waals surface area contributed by atoms with Gasteiger partial charge in [-0.15, -0.1) is 0 Å². The molecule has 2 rings (SSSR count). The van der Waals surface area contributed by atoms with Crippen molar-refractivity contribution in [2.75, 3.05) is 26.2 Å². The molecule has 2 nitrogen and oxygen atoms in total. The van der Waals surface area contributed by atoms with Crippen LogP contribution in [0.5, 0.6) is 0 Å². The zero-order valence-corrected chi connectivity index (χ0v) is 10.6. The Bertz CT molecular complexity index is 215. The van der Waals surface area contributed by atoms with Gasteiger partial charge in [0.25, 0.3) is 0 Å². The van der Waals surface area contributed by atoms with E-state index in [-0.39, 0.29) is 0 Å². The molecule has 2 saturated heterocycles. The Labute approximate surface area is 94.4 Å². The summed E-state index contributed by atoms with van der Waals surface area (Å²) >= 11 is 0. The minimum absolute atomic E-state index is 0.516. The van der Waals surface area contributed by atoms with Crippen LogP contribution in [0, 0.1) is 11.8 Å². The van der Waals surface area contributed by atoms with Crippen molar-refractivity contribution in [1.82, 2.24) is 10.2 Å². The first-order valence-electron chi connectivity index (χ1n) is 6.58. The molecule has 0 aromatic carbocycles. The van der Waals surface area contributed by atoms with E-state index in [1.165, 1.54) is 45.4 Å². The van der Waals surface area contributed by atoms with Gasteiger partial charge in [-0.1, -0.05) is 20.8 Å². The zero-order chi connectivity index (χ0) is 10.9. The number of likely N-dealkylation sites (tertiary alicyclic amines) is 1. The van der Waals surface area contributed by atoms with Crippen LogP contribution < -0.4 is 5.32 Å². The van der Waals surface area contributed by atoms with Crippen molar-refractivity contribution < 1.29 is 0 Å². The normalized spacial score (nSPS) is 38.0. The zero-order valence-electron chi connectivity index (χ0n) is 10.6. The molecule has 0 saturated carbocycles. The van der Waals surface area contributed by atoms with Gasteiger partial charge in [0.2, 0.25) is 0 Å². The van der Waals surface area contributed by atoms with Crippen molar-refractivity contribution in [3.63, 3.8) is 0 Å². The second-order valence-electron chi connectivity index (χ2n) is 6.11. The van der Waals surface area contributed by atoms with E-state index in [0.717, 1.165) is 11.8 Å². The molecule has 1 N–H and O–H groups in total. The lowest BCUT2D eigenvalue weighted by atomic mass is 9.82. The van der Waals surface area contributed by atoms with Crippen LogP contribution in [0.1, 0.15) is 40.0 Å². The van der Waals surface area contributed by atoms with Gasteiger partial charge in [-0.25, -0.2) is 0 Å². The summed E-state index contributed by atoms with van der Waals surface area (Å²) in [6.07, 6.45) is 4.23. The summed E-state index contributed by atoms with van der Waals surface area (Å²) in [5.41, 5.74) is 0.516. The van der Waals surface area contributed by atoms with Crippen molar-refractivity contribution in [3.8, 4) is 0 Å². The first kappa shape index (κ1) is 11.4. The van der Waals surface area contributed by atoms with Gasteiger partial charge in [-0.05, 0) is 44.2 Å². The predicted octanol–water partition coefficient (Wildman–Crippen LogP) is 2.11. The van der Waals surface area contributed by atoms with Crippen molar-refractivity contribution in [1.29, 1.82) is 0 Å². The van der Waals surface area contributed by atoms with Crippen LogP contribution in [0.25, 0.3) is 0 Å². The van der Waals surface area contributed by atoms with E-state index < -0.39 is 0 Å². The first-order valence-corrected chi connectivity index (χ1v) is 6.58. The van der Waals surface area contributed by atoms with Gasteiger partial charge in [-0.2, -0.15) is 0 Å². The molecule has 2 fully saturated rings. The molecule has 2 heterocycles. The predicted molar refractivity (Wildman–Crippen MR) is 65.0 cm³/mol. The molecular formula is C13H26N2. The summed E-state index contributed by atoms with van der Waals surface area (Å²) in [7, 11) is 0. The third-order valence-corrected chi connectivity index (χ3v) is 4.00. The average molecular weight is 210 g/mol. The van der Waals surface area contributed by atoms with Gasteiger partial charge in [0, 0.05) is 18.6 Å². The number of rotatable bonds is 2. The fourth-order valence-electron chi connectivity index (χ4n) is 3.50. The Kier molecular flexibility index (Phi) is 3.36. The van der Waals surface area contributed by atoms with Crippen molar-refractivity contribution >= 4 is 0 Å². The molecule has 1 spiro atoms. The van der Waals surface area contributed by atoms with Crippen LogP contribution in [-0.4, -0.2) is 36.6 Å². The molecule has 0 aliphatic carbocycles. The van der Waals surface area contributed by atoms with E-state index in [9.17, 15) is 0 Å². The van der Waals surface area contributed by atoms with Crippen LogP contribution in [0.2, 0.25) is 0 Å². The summed E-state index contributed by atoms with van der Waals surface area (Å²) in [5.74, 6) is 1.66. The van der Waals surface area contributed by atoms with Crippen LogP contribution >= 0.6 is 0 Å². The Balaban J connectivity index is 2.04. The van der Waals surface area contributed by atoms with Crippen molar-refractivity contribution in [2.24, 2.45) is 11.8 Å². The van der Waals surface area contributed by atoms with Gasteiger partial charge in [-0.3, -0.25) is 4.90 Å². The van der Waals surface area contributed by atoms with Gasteiger partial charge in [0.1, 0.15) is 0 Å². The highest BCUT2D eigenvalue weighted by atomic mass is 15.2. The SMILES string of the molecule is CC(C)CN1CCCC12CNCC(C)C2. The van der Waals surface area contributed by atoms with E-state index in [0.29, 0.717) is 5.54 Å². The van der Waals surface area contributed by atoms with Gasteiger partial charge >= 0.3 is 0 Å². The molecule has 0 aromatic rings. The van der Waals surface area contributed by atoms with Crippen molar-refractivity contribution in [3.05, 3.63) is 0 Å². The molecule has 0 radical (unpaired) electrons. The summed E-state index contributed by atoms with van der Waals surface area (Å²) in [6, 6.07) is 0. The van der Waals surface area contributed by atoms with E-state index in [1.54, 1.807) is 0 Å². The van der Waals surface area contributed by atoms with Crippen LogP contribution in [0.4, 0.5) is 0 Å². The molecule has 2 heteroatoms. The number of piperidine rings is 1. The standard InChI is InChI=1S/C13H26N2/c1-11(2)9-15-6-4-5-13(15)7-12(3)8-14-10-13/h11-12,14H,4-10H2,1-3H3. The maximum Gasteiger partial charge on any atom is 0.0337 e. The maximum absolute atomic E-state index is 3.63. The van der Waals surface area contributed by atoms with Gasteiger partial charge in [0.15, 0.2) is 0 Å². The van der Waals surface area contributed by atoms with Crippen LogP contribution in [0.3, 0.4) is 0 Å². The quantitative estimate of drug-likeness (QED) is 0.751. The number of hydrogen-bond acceptors (Lipinski definition) is 2. The fraction of sp³-hybridized carbons (Fsp3) is 1.00. The van der Waals surface area contributed by atoms with Gasteiger partial charge in [0.05, 0.1) is 0 Å². The molecule has 2 aliphatic heterocycles. The summed E-state index contributed by atoms with van der Waals surface area (Å²) in [4.78, 5) is 2.76. The smallest absolute Gasteiger partial charge is 0.0337 e. The van der Waals surface area contributed by atoms with Crippen molar-refractivity contribution in [2.45, 2.75) is 45.6 Å². The molecule has 2 aliphatic rings. The highest BCUT2D eigenvalue weighted by Crippen LogP contribution is 2.36. The Morgan fingerprint density at radius 1 is 1.47 bits per heavy atom. The topological polar surface area (TPSA) is 15.3 Å². The second kappa shape index (κ2) is 4.42. The summed E-state index contributed by atoms with van der Waals surface area (Å²) in [6.45, 7) is 12.1. The Hall–Kier alpha value is -0.0800. The lowest BCUT2D eigenvalue weighted by Crippen LogP contribution is -2.57. The number of nitrogens with zero attached hydrogens (tertiary/aromatic N) is 1. The van der Waals surface area contributed by atoms with E-state index in [1.807, 2.05) is 0 Å². The van der Waals surface area contributed by atoms with E-state index in [2.05, 4.69) is 31.0 Å². The van der Waals surface area contributed by atoms with Crippen LogP contribution in [0.15, 0.2) is 0 Å². The molecule has 0 amide bonds. The average Bonchev–Trinajstić information content (AvgIpc) is 2.48. The minimum Gasteiger partial charge on any atom is -0.315 e. The summed E-state index contributed by atoms with van der Waals surface area (Å²) in [5, 5.41) is 3.63. The van der Waals surface area contributed by atoms with Crippen LogP contribution in [-0.2, 0) is 0 Å². The Morgan fingerprint density at radius 2 is 2.27 bits per heavy atom. The van der Waals surface area contributed by atoms with E-state index >= 15 is 0 Å². The highest BCUT2D eigenvalue weighted by Gasteiger charge is 2.43. The third-order valence-electron chi connectivity index (χ3n) is 4.00. The molecular weight excluding hydrogens is 184 g/mol. The molecule has 15 heavy (non-hydrogen) atoms. The lowest BCUT2D eigenvalue weighted by molar-refractivity contribution is 0.0740. The molecule has 2 atom stereocenters. The summed E-state index contributed by atoms with van der Waals surface area (Å²) < 4.78 is 0. The highest BCUT2D eigenvalue weighted by molar-refractivity contribution is 5.01. The largest absolute Gasteiger partial charge is 0.315 e. The fourth-order valence-corrected chi connectivity index (χ4v) is 3.50. The minimum atomic E-state index is 0.516. The lowest BCUT2D eigenvalue weighted by Gasteiger charge is -2.45. The molecule has 0 aromatic heterocycles. The second-order valence-corrected chi connectivity index (χ2v) is 6.11. The molecule has 0 bridgehead atoms. The number of hydrogen-bond donors (Lipinski definition) is 1. The molecule has 2 unspecified atom stereocenters. The maximum atomic E-state index is 3.63.